The molecule has 6 heteroatoms. The van der Waals surface area contributed by atoms with Crippen molar-refractivity contribution in [1.82, 2.24) is 20.3 Å². The molecular weight excluding hydrogens is 329 g/mol. The molecule has 0 spiro atoms. The van der Waals surface area contributed by atoms with E-state index in [1.54, 1.807) is 12.4 Å². The number of piperazine rings is 1. The van der Waals surface area contributed by atoms with E-state index >= 15 is 0 Å². The van der Waals surface area contributed by atoms with E-state index in [1.807, 2.05) is 36.4 Å². The minimum Gasteiger partial charge on any atom is -0.354 e. The first kappa shape index (κ1) is 16.6. The van der Waals surface area contributed by atoms with E-state index in [0.717, 1.165) is 43.1 Å². The van der Waals surface area contributed by atoms with Gasteiger partial charge in [0.25, 0.3) is 0 Å². The van der Waals surface area contributed by atoms with E-state index in [-0.39, 0.29) is 5.82 Å². The van der Waals surface area contributed by atoms with Crippen molar-refractivity contribution >= 4 is 5.82 Å². The normalized spacial score (nSPS) is 17.3. The molecule has 3 heterocycles. The van der Waals surface area contributed by atoms with Gasteiger partial charge in [-0.3, -0.25) is 4.98 Å². The molecule has 0 aliphatic carbocycles. The molecule has 0 radical (unpaired) electrons. The second-order valence-corrected chi connectivity index (χ2v) is 6.38. The number of nitrogens with zero attached hydrogens (tertiary/aromatic N) is 4. The van der Waals surface area contributed by atoms with E-state index in [2.05, 4.69) is 20.2 Å². The predicted molar refractivity (Wildman–Crippen MR) is 99.4 cm³/mol. The van der Waals surface area contributed by atoms with Crippen LogP contribution in [-0.4, -0.2) is 40.6 Å². The van der Waals surface area contributed by atoms with E-state index in [9.17, 15) is 4.39 Å². The highest BCUT2D eigenvalue weighted by atomic mass is 19.1. The number of nitrogens with one attached hydrogen (secondary N) is 1. The lowest BCUT2D eigenvalue weighted by Crippen LogP contribution is -2.52. The molecular formula is C20H20FN5. The summed E-state index contributed by atoms with van der Waals surface area (Å²) in [7, 11) is 0. The predicted octanol–water partition coefficient (Wildman–Crippen LogP) is 2.70. The maximum absolute atomic E-state index is 13.1. The number of halogens is 1. The van der Waals surface area contributed by atoms with Crippen molar-refractivity contribution in [1.29, 1.82) is 0 Å². The third kappa shape index (κ3) is 3.86. The summed E-state index contributed by atoms with van der Waals surface area (Å²) in [6.07, 6.45) is 4.38. The Balaban J connectivity index is 1.48. The Hall–Kier alpha value is -2.86. The highest BCUT2D eigenvalue weighted by molar-refractivity contribution is 5.52. The number of benzene rings is 1. The number of hydrogen-bond acceptors (Lipinski definition) is 5. The first-order valence-corrected chi connectivity index (χ1v) is 8.75. The fraction of sp³-hybridized carbons (Fsp3) is 0.250. The monoisotopic (exact) mass is 349 g/mol. The Kier molecular flexibility index (Phi) is 4.84. The van der Waals surface area contributed by atoms with Crippen molar-refractivity contribution < 1.29 is 4.39 Å². The molecule has 4 rings (SSSR count). The van der Waals surface area contributed by atoms with Gasteiger partial charge in [-0.15, -0.1) is 0 Å². The third-order valence-electron chi connectivity index (χ3n) is 4.51. The summed E-state index contributed by atoms with van der Waals surface area (Å²) in [6, 6.07) is 14.7. The van der Waals surface area contributed by atoms with Crippen molar-refractivity contribution in [2.24, 2.45) is 0 Å². The molecule has 26 heavy (non-hydrogen) atoms. The van der Waals surface area contributed by atoms with Crippen LogP contribution in [0.1, 0.15) is 5.56 Å². The topological polar surface area (TPSA) is 53.9 Å². The summed E-state index contributed by atoms with van der Waals surface area (Å²) in [4.78, 5) is 15.6. The molecule has 132 valence electrons. The van der Waals surface area contributed by atoms with Crippen molar-refractivity contribution in [3.8, 4) is 11.5 Å². The summed E-state index contributed by atoms with van der Waals surface area (Å²) < 4.78 is 13.1. The van der Waals surface area contributed by atoms with Crippen molar-refractivity contribution in [3.63, 3.8) is 0 Å². The lowest BCUT2D eigenvalue weighted by molar-refractivity contribution is 0.452. The SMILES string of the molecule is Fc1ccc(CC2CN(c3ccnc(-c4ccccn4)n3)CCN2)cc1. The highest BCUT2D eigenvalue weighted by Crippen LogP contribution is 2.18. The first-order chi connectivity index (χ1) is 12.8. The molecule has 1 unspecified atom stereocenters. The average molecular weight is 349 g/mol. The second kappa shape index (κ2) is 7.58. The lowest BCUT2D eigenvalue weighted by Gasteiger charge is -2.34. The third-order valence-corrected chi connectivity index (χ3v) is 4.51. The van der Waals surface area contributed by atoms with Crippen LogP contribution in [0, 0.1) is 5.82 Å². The molecule has 1 fully saturated rings. The molecule has 0 amide bonds. The molecule has 1 saturated heterocycles. The zero-order chi connectivity index (χ0) is 17.8. The van der Waals surface area contributed by atoms with Gasteiger partial charge in [-0.25, -0.2) is 14.4 Å². The Morgan fingerprint density at radius 1 is 1.04 bits per heavy atom. The molecule has 5 nitrogen and oxygen atoms in total. The number of aromatic nitrogens is 3. The smallest absolute Gasteiger partial charge is 0.180 e. The maximum atomic E-state index is 13.1. The van der Waals surface area contributed by atoms with Gasteiger partial charge in [0, 0.05) is 38.1 Å². The van der Waals surface area contributed by atoms with Gasteiger partial charge in [0.15, 0.2) is 5.82 Å². The average Bonchev–Trinajstić information content (AvgIpc) is 2.71. The molecule has 3 aromatic rings. The zero-order valence-corrected chi connectivity index (χ0v) is 14.3. The van der Waals surface area contributed by atoms with Gasteiger partial charge in [-0.2, -0.15) is 0 Å². The van der Waals surface area contributed by atoms with Gasteiger partial charge < -0.3 is 10.2 Å². The Morgan fingerprint density at radius 2 is 1.92 bits per heavy atom. The molecule has 1 atom stereocenters. The van der Waals surface area contributed by atoms with Crippen LogP contribution in [0.4, 0.5) is 10.2 Å². The minimum atomic E-state index is -0.199. The van der Waals surface area contributed by atoms with Crippen molar-refractivity contribution in [3.05, 3.63) is 72.3 Å². The molecule has 0 saturated carbocycles. The van der Waals surface area contributed by atoms with Crippen LogP contribution >= 0.6 is 0 Å². The van der Waals surface area contributed by atoms with E-state index in [0.29, 0.717) is 11.9 Å². The Labute approximate surface area is 151 Å². The zero-order valence-electron chi connectivity index (χ0n) is 14.3. The number of rotatable bonds is 4. The number of hydrogen-bond donors (Lipinski definition) is 1. The summed E-state index contributed by atoms with van der Waals surface area (Å²) in [5.41, 5.74) is 1.90. The summed E-state index contributed by atoms with van der Waals surface area (Å²) in [6.45, 7) is 2.61. The van der Waals surface area contributed by atoms with Crippen LogP contribution in [-0.2, 0) is 6.42 Å². The molecule has 2 aromatic heterocycles. The summed E-state index contributed by atoms with van der Waals surface area (Å²) in [5.74, 6) is 1.35. The van der Waals surface area contributed by atoms with Crippen LogP contribution in [0.25, 0.3) is 11.5 Å². The van der Waals surface area contributed by atoms with Gasteiger partial charge in [0.05, 0.1) is 0 Å². The van der Waals surface area contributed by atoms with E-state index in [1.165, 1.54) is 12.1 Å². The second-order valence-electron chi connectivity index (χ2n) is 6.38. The Morgan fingerprint density at radius 3 is 2.73 bits per heavy atom. The van der Waals surface area contributed by atoms with Crippen LogP contribution in [0.15, 0.2) is 60.9 Å². The van der Waals surface area contributed by atoms with Crippen molar-refractivity contribution in [2.75, 3.05) is 24.5 Å². The van der Waals surface area contributed by atoms with E-state index in [4.69, 9.17) is 4.98 Å². The molecule has 1 N–H and O–H groups in total. The standard InChI is InChI=1S/C20H20FN5/c21-16-6-4-15(5-7-16)13-17-14-26(12-11-22-17)19-8-10-24-20(25-19)18-3-1-2-9-23-18/h1-10,17,22H,11-14H2. The largest absolute Gasteiger partial charge is 0.354 e. The van der Waals surface area contributed by atoms with E-state index < -0.39 is 0 Å². The van der Waals surface area contributed by atoms with Gasteiger partial charge in [-0.05, 0) is 42.3 Å². The summed E-state index contributed by atoms with van der Waals surface area (Å²) >= 11 is 0. The van der Waals surface area contributed by atoms with Crippen LogP contribution in [0.2, 0.25) is 0 Å². The molecule has 1 aliphatic heterocycles. The van der Waals surface area contributed by atoms with Gasteiger partial charge in [-0.1, -0.05) is 18.2 Å². The van der Waals surface area contributed by atoms with Crippen LogP contribution in [0.3, 0.4) is 0 Å². The van der Waals surface area contributed by atoms with Gasteiger partial charge in [0.2, 0.25) is 0 Å². The fourth-order valence-corrected chi connectivity index (χ4v) is 3.22. The first-order valence-electron chi connectivity index (χ1n) is 8.75. The quantitative estimate of drug-likeness (QED) is 0.785. The van der Waals surface area contributed by atoms with Crippen molar-refractivity contribution in [2.45, 2.75) is 12.5 Å². The number of pyridine rings is 1. The summed E-state index contributed by atoms with van der Waals surface area (Å²) in [5, 5.41) is 3.54. The minimum absolute atomic E-state index is 0.199. The molecule has 0 bridgehead atoms. The lowest BCUT2D eigenvalue weighted by atomic mass is 10.0. The van der Waals surface area contributed by atoms with Crippen LogP contribution in [0.5, 0.6) is 0 Å². The Bertz CT molecular complexity index is 854. The molecule has 1 aromatic carbocycles. The highest BCUT2D eigenvalue weighted by Gasteiger charge is 2.21. The maximum Gasteiger partial charge on any atom is 0.180 e. The fourth-order valence-electron chi connectivity index (χ4n) is 3.22. The van der Waals surface area contributed by atoms with Gasteiger partial charge >= 0.3 is 0 Å². The number of anilines is 1. The molecule has 1 aliphatic rings. The van der Waals surface area contributed by atoms with Gasteiger partial charge in [0.1, 0.15) is 17.3 Å². The van der Waals surface area contributed by atoms with Crippen LogP contribution < -0.4 is 10.2 Å².